The number of likely N-dealkylation sites (N-methyl/N-ethyl adjacent to an activating group) is 2. The summed E-state index contributed by atoms with van der Waals surface area (Å²) in [6.45, 7) is 11.9. The first-order valence-electron chi connectivity index (χ1n) is 8.61. The first kappa shape index (κ1) is 20.2. The number of nitrogens with zero attached hydrogens (tertiary/aromatic N) is 2. The van der Waals surface area contributed by atoms with Crippen LogP contribution in [0.15, 0.2) is 18.2 Å². The van der Waals surface area contributed by atoms with Gasteiger partial charge in [-0.05, 0) is 58.4 Å². The lowest BCUT2D eigenvalue weighted by molar-refractivity contribution is -0.132. The zero-order chi connectivity index (χ0) is 18.3. The third-order valence-electron chi connectivity index (χ3n) is 4.34. The van der Waals surface area contributed by atoms with Crippen molar-refractivity contribution in [3.63, 3.8) is 0 Å². The highest BCUT2D eigenvalue weighted by molar-refractivity contribution is 5.81. The quantitative estimate of drug-likeness (QED) is 0.794. The fourth-order valence-corrected chi connectivity index (χ4v) is 2.61. The summed E-state index contributed by atoms with van der Waals surface area (Å²) in [4.78, 5) is 27.8. The number of carbonyl (C=O) groups excluding carboxylic acids is 2. The second-order valence-corrected chi connectivity index (χ2v) is 6.37. The van der Waals surface area contributed by atoms with E-state index < -0.39 is 0 Å². The molecule has 1 rings (SSSR count). The Morgan fingerprint density at radius 3 is 2.25 bits per heavy atom. The van der Waals surface area contributed by atoms with E-state index >= 15 is 0 Å². The summed E-state index contributed by atoms with van der Waals surface area (Å²) in [6.07, 6.45) is 0. The van der Waals surface area contributed by atoms with Crippen molar-refractivity contribution >= 4 is 11.8 Å². The first-order chi connectivity index (χ1) is 11.3. The maximum Gasteiger partial charge on any atom is 0.236 e. The molecule has 0 spiro atoms. The van der Waals surface area contributed by atoms with Gasteiger partial charge in [-0.25, -0.2) is 0 Å². The van der Waals surface area contributed by atoms with Gasteiger partial charge in [0.2, 0.25) is 11.8 Å². The number of carbonyl (C=O) groups is 2. The summed E-state index contributed by atoms with van der Waals surface area (Å²) in [5.41, 5.74) is 3.55. The van der Waals surface area contributed by atoms with Crippen LogP contribution in [0, 0.1) is 13.8 Å². The molecule has 24 heavy (non-hydrogen) atoms. The van der Waals surface area contributed by atoms with Crippen LogP contribution in [0.25, 0.3) is 0 Å². The maximum absolute atomic E-state index is 12.2. The van der Waals surface area contributed by atoms with Gasteiger partial charge in [-0.2, -0.15) is 0 Å². The average molecular weight is 333 g/mol. The van der Waals surface area contributed by atoms with Crippen LogP contribution in [0.3, 0.4) is 0 Å². The number of benzene rings is 1. The van der Waals surface area contributed by atoms with Gasteiger partial charge in [0.1, 0.15) is 0 Å². The topological polar surface area (TPSA) is 52.7 Å². The molecular formula is C19H31N3O2. The molecule has 0 radical (unpaired) electrons. The summed E-state index contributed by atoms with van der Waals surface area (Å²) >= 11 is 0. The lowest BCUT2D eigenvalue weighted by Gasteiger charge is -2.23. The minimum absolute atomic E-state index is 0.0521. The van der Waals surface area contributed by atoms with Crippen LogP contribution in [0.5, 0.6) is 0 Å². The summed E-state index contributed by atoms with van der Waals surface area (Å²) in [5.74, 6) is -0.0203. The summed E-state index contributed by atoms with van der Waals surface area (Å²) in [7, 11) is 1.79. The molecular weight excluding hydrogens is 302 g/mol. The van der Waals surface area contributed by atoms with Gasteiger partial charge in [-0.15, -0.1) is 0 Å². The normalized spacial score (nSPS) is 12.1. The summed E-state index contributed by atoms with van der Waals surface area (Å²) < 4.78 is 0. The van der Waals surface area contributed by atoms with Gasteiger partial charge in [-0.1, -0.05) is 18.2 Å². The number of hydrogen-bond donors (Lipinski definition) is 1. The van der Waals surface area contributed by atoms with E-state index in [0.717, 1.165) is 5.56 Å². The van der Waals surface area contributed by atoms with Crippen LogP contribution in [-0.2, 0) is 9.59 Å². The molecule has 0 aliphatic heterocycles. The Morgan fingerprint density at radius 1 is 1.08 bits per heavy atom. The van der Waals surface area contributed by atoms with Crippen molar-refractivity contribution in [3.8, 4) is 0 Å². The molecule has 1 unspecified atom stereocenters. The standard InChI is InChI=1S/C19H31N3O2/c1-7-22(8-2)19(24)13-21(6)12-18(23)20-16(5)17-10-9-14(3)15(4)11-17/h9-11,16H,7-8,12-13H2,1-6H3,(H,20,23). The molecule has 1 atom stereocenters. The van der Waals surface area contributed by atoms with E-state index in [0.29, 0.717) is 13.1 Å². The van der Waals surface area contributed by atoms with Gasteiger partial charge in [-0.3, -0.25) is 14.5 Å². The zero-order valence-corrected chi connectivity index (χ0v) is 15.8. The molecule has 0 aromatic heterocycles. The monoisotopic (exact) mass is 333 g/mol. The van der Waals surface area contributed by atoms with Crippen molar-refractivity contribution in [1.29, 1.82) is 0 Å². The van der Waals surface area contributed by atoms with E-state index in [1.807, 2.05) is 26.8 Å². The molecule has 5 heteroatoms. The van der Waals surface area contributed by atoms with Crippen molar-refractivity contribution in [1.82, 2.24) is 15.1 Å². The van der Waals surface area contributed by atoms with Gasteiger partial charge in [0.25, 0.3) is 0 Å². The third-order valence-corrected chi connectivity index (χ3v) is 4.34. The minimum Gasteiger partial charge on any atom is -0.348 e. The molecule has 1 aromatic rings. The molecule has 5 nitrogen and oxygen atoms in total. The Morgan fingerprint density at radius 2 is 1.71 bits per heavy atom. The highest BCUT2D eigenvalue weighted by Crippen LogP contribution is 2.16. The number of amides is 2. The molecule has 0 saturated carbocycles. The molecule has 1 N–H and O–H groups in total. The predicted molar refractivity (Wildman–Crippen MR) is 97.9 cm³/mol. The van der Waals surface area contributed by atoms with Gasteiger partial charge >= 0.3 is 0 Å². The second kappa shape index (κ2) is 9.42. The maximum atomic E-state index is 12.2. The van der Waals surface area contributed by atoms with E-state index in [9.17, 15) is 9.59 Å². The Balaban J connectivity index is 2.52. The van der Waals surface area contributed by atoms with Crippen LogP contribution in [-0.4, -0.2) is 54.8 Å². The van der Waals surface area contributed by atoms with E-state index in [1.54, 1.807) is 16.8 Å². The van der Waals surface area contributed by atoms with Gasteiger partial charge in [0, 0.05) is 13.1 Å². The van der Waals surface area contributed by atoms with Crippen LogP contribution in [0.1, 0.15) is 43.5 Å². The fourth-order valence-electron chi connectivity index (χ4n) is 2.61. The van der Waals surface area contributed by atoms with Crippen LogP contribution in [0.2, 0.25) is 0 Å². The molecule has 2 amide bonds. The smallest absolute Gasteiger partial charge is 0.236 e. The van der Waals surface area contributed by atoms with E-state index in [-0.39, 0.29) is 30.9 Å². The van der Waals surface area contributed by atoms with E-state index in [2.05, 4.69) is 31.3 Å². The number of rotatable bonds is 8. The number of hydrogen-bond acceptors (Lipinski definition) is 3. The lowest BCUT2D eigenvalue weighted by Crippen LogP contribution is -2.43. The van der Waals surface area contributed by atoms with Gasteiger partial charge in [0.05, 0.1) is 19.1 Å². The lowest BCUT2D eigenvalue weighted by atomic mass is 10.0. The SMILES string of the molecule is CCN(CC)C(=O)CN(C)CC(=O)NC(C)c1ccc(C)c(C)c1. The van der Waals surface area contributed by atoms with Crippen molar-refractivity contribution in [2.24, 2.45) is 0 Å². The van der Waals surface area contributed by atoms with Crippen molar-refractivity contribution in [2.75, 3.05) is 33.2 Å². The average Bonchev–Trinajstić information content (AvgIpc) is 2.50. The molecule has 0 saturated heterocycles. The van der Waals surface area contributed by atoms with Crippen LogP contribution < -0.4 is 5.32 Å². The Kier molecular flexibility index (Phi) is 7.92. The van der Waals surface area contributed by atoms with E-state index in [4.69, 9.17) is 0 Å². The minimum atomic E-state index is -0.0735. The first-order valence-corrected chi connectivity index (χ1v) is 8.61. The van der Waals surface area contributed by atoms with Gasteiger partial charge in [0.15, 0.2) is 0 Å². The highest BCUT2D eigenvalue weighted by atomic mass is 16.2. The Labute approximate surface area is 146 Å². The summed E-state index contributed by atoms with van der Waals surface area (Å²) in [5, 5.41) is 3.00. The van der Waals surface area contributed by atoms with Crippen molar-refractivity contribution < 1.29 is 9.59 Å². The molecule has 0 bridgehead atoms. The van der Waals surface area contributed by atoms with Crippen LogP contribution in [0.4, 0.5) is 0 Å². The fraction of sp³-hybridized carbons (Fsp3) is 0.579. The molecule has 1 aromatic carbocycles. The Hall–Kier alpha value is -1.88. The molecule has 0 aliphatic carbocycles. The Bertz CT molecular complexity index is 568. The second-order valence-electron chi connectivity index (χ2n) is 6.37. The molecule has 134 valence electrons. The van der Waals surface area contributed by atoms with Crippen LogP contribution >= 0.6 is 0 Å². The van der Waals surface area contributed by atoms with Crippen molar-refractivity contribution in [3.05, 3.63) is 34.9 Å². The third kappa shape index (κ3) is 5.96. The molecule has 0 fully saturated rings. The largest absolute Gasteiger partial charge is 0.348 e. The van der Waals surface area contributed by atoms with E-state index in [1.165, 1.54) is 11.1 Å². The van der Waals surface area contributed by atoms with Gasteiger partial charge < -0.3 is 10.2 Å². The summed E-state index contributed by atoms with van der Waals surface area (Å²) in [6, 6.07) is 6.17. The molecule has 0 aliphatic rings. The molecule has 0 heterocycles. The van der Waals surface area contributed by atoms with Crippen molar-refractivity contribution in [2.45, 2.75) is 40.7 Å². The number of aryl methyl sites for hydroxylation is 2. The number of nitrogens with one attached hydrogen (secondary N) is 1. The highest BCUT2D eigenvalue weighted by Gasteiger charge is 2.16. The predicted octanol–water partition coefficient (Wildman–Crippen LogP) is 2.28. The zero-order valence-electron chi connectivity index (χ0n) is 15.8.